The summed E-state index contributed by atoms with van der Waals surface area (Å²) >= 11 is 0. The van der Waals surface area contributed by atoms with Gasteiger partial charge in [-0.2, -0.15) is 8.78 Å². The number of aryl methyl sites for hydroxylation is 1. The number of benzene rings is 2. The fraction of sp³-hybridized carbons (Fsp3) is 0.364. The SMILES string of the molecule is COc1ccc(CN=C(NCC(=O)N(C)C)NCc2cc(C)ccc2OC(F)F)cc1. The van der Waals surface area contributed by atoms with Crippen molar-refractivity contribution in [3.05, 3.63) is 59.2 Å². The number of nitrogens with zero attached hydrogens (tertiary/aromatic N) is 2. The molecule has 0 saturated carbocycles. The second-order valence-corrected chi connectivity index (χ2v) is 7.00. The van der Waals surface area contributed by atoms with Crippen LogP contribution in [0.2, 0.25) is 0 Å². The van der Waals surface area contributed by atoms with Gasteiger partial charge in [-0.05, 0) is 30.7 Å². The molecule has 168 valence electrons. The van der Waals surface area contributed by atoms with Gasteiger partial charge in [0.1, 0.15) is 11.5 Å². The number of carbonyl (C=O) groups excluding carboxylic acids is 1. The molecule has 0 aromatic heterocycles. The Morgan fingerprint density at radius 3 is 2.45 bits per heavy atom. The van der Waals surface area contributed by atoms with Gasteiger partial charge in [-0.15, -0.1) is 0 Å². The Morgan fingerprint density at radius 2 is 1.84 bits per heavy atom. The summed E-state index contributed by atoms with van der Waals surface area (Å²) in [7, 11) is 4.91. The first kappa shape index (κ1) is 23.9. The molecule has 0 bridgehead atoms. The molecule has 0 aliphatic heterocycles. The lowest BCUT2D eigenvalue weighted by molar-refractivity contribution is -0.127. The van der Waals surface area contributed by atoms with Gasteiger partial charge in [-0.3, -0.25) is 4.79 Å². The van der Waals surface area contributed by atoms with Gasteiger partial charge in [0, 0.05) is 26.2 Å². The molecule has 2 aromatic carbocycles. The molecule has 0 heterocycles. The Labute approximate surface area is 181 Å². The number of halogens is 2. The molecule has 2 N–H and O–H groups in total. The number of hydrogen-bond donors (Lipinski definition) is 2. The van der Waals surface area contributed by atoms with E-state index in [0.29, 0.717) is 18.1 Å². The van der Waals surface area contributed by atoms with Crippen molar-refractivity contribution >= 4 is 11.9 Å². The molecule has 0 spiro atoms. The van der Waals surface area contributed by atoms with Crippen LogP contribution in [-0.2, 0) is 17.9 Å². The number of ether oxygens (including phenoxy) is 2. The normalized spacial score (nSPS) is 11.3. The molecule has 0 fully saturated rings. The van der Waals surface area contributed by atoms with Gasteiger partial charge < -0.3 is 25.0 Å². The Balaban J connectivity index is 2.14. The highest BCUT2D eigenvalue weighted by molar-refractivity contribution is 5.86. The third kappa shape index (κ3) is 8.12. The quantitative estimate of drug-likeness (QED) is 0.469. The molecule has 0 saturated heterocycles. The fourth-order valence-corrected chi connectivity index (χ4v) is 2.63. The summed E-state index contributed by atoms with van der Waals surface area (Å²) in [5, 5.41) is 6.06. The number of likely N-dealkylation sites (N-methyl/N-ethyl adjacent to an activating group) is 1. The summed E-state index contributed by atoms with van der Waals surface area (Å²) in [6, 6.07) is 12.4. The molecular formula is C22H28F2N4O3. The Bertz CT molecular complexity index is 887. The molecule has 0 aliphatic carbocycles. The van der Waals surface area contributed by atoms with Gasteiger partial charge in [0.15, 0.2) is 5.96 Å². The van der Waals surface area contributed by atoms with Crippen molar-refractivity contribution in [2.75, 3.05) is 27.7 Å². The maximum absolute atomic E-state index is 12.7. The van der Waals surface area contributed by atoms with Gasteiger partial charge in [0.25, 0.3) is 0 Å². The predicted octanol–water partition coefficient (Wildman–Crippen LogP) is 2.93. The number of alkyl halides is 2. The van der Waals surface area contributed by atoms with Crippen molar-refractivity contribution in [3.63, 3.8) is 0 Å². The van der Waals surface area contributed by atoms with E-state index in [1.54, 1.807) is 33.3 Å². The average Bonchev–Trinajstić information content (AvgIpc) is 2.74. The predicted molar refractivity (Wildman–Crippen MR) is 115 cm³/mol. The number of amides is 1. The highest BCUT2D eigenvalue weighted by Gasteiger charge is 2.11. The summed E-state index contributed by atoms with van der Waals surface area (Å²) in [5.74, 6) is 1.07. The summed E-state index contributed by atoms with van der Waals surface area (Å²) in [5.41, 5.74) is 2.40. The fourth-order valence-electron chi connectivity index (χ4n) is 2.63. The standard InChI is InChI=1S/C22H28F2N4O3/c1-15-5-10-19(31-21(23)24)17(11-15)13-26-22(27-14-20(29)28(2)3)25-12-16-6-8-18(30-4)9-7-16/h5-11,21H,12-14H2,1-4H3,(H2,25,26,27). The van der Waals surface area contributed by atoms with Crippen LogP contribution in [0.5, 0.6) is 11.5 Å². The summed E-state index contributed by atoms with van der Waals surface area (Å²) in [4.78, 5) is 17.9. The minimum absolute atomic E-state index is 0.0374. The molecule has 0 atom stereocenters. The van der Waals surface area contributed by atoms with Crippen molar-refractivity contribution in [1.82, 2.24) is 15.5 Å². The van der Waals surface area contributed by atoms with E-state index in [1.165, 1.54) is 11.0 Å². The van der Waals surface area contributed by atoms with E-state index < -0.39 is 6.61 Å². The van der Waals surface area contributed by atoms with Gasteiger partial charge in [-0.1, -0.05) is 29.8 Å². The molecule has 1 amide bonds. The van der Waals surface area contributed by atoms with Crippen molar-refractivity contribution < 1.29 is 23.0 Å². The largest absolute Gasteiger partial charge is 0.497 e. The Morgan fingerprint density at radius 1 is 1.13 bits per heavy atom. The average molecular weight is 434 g/mol. The Kier molecular flexibility index (Phi) is 9.05. The molecule has 0 aliphatic rings. The smallest absolute Gasteiger partial charge is 0.387 e. The lowest BCUT2D eigenvalue weighted by Gasteiger charge is -2.17. The van der Waals surface area contributed by atoms with Gasteiger partial charge >= 0.3 is 6.61 Å². The number of rotatable bonds is 9. The molecule has 2 aromatic rings. The van der Waals surface area contributed by atoms with Crippen molar-refractivity contribution in [2.24, 2.45) is 4.99 Å². The minimum Gasteiger partial charge on any atom is -0.497 e. The van der Waals surface area contributed by atoms with Crippen LogP contribution in [0.3, 0.4) is 0 Å². The van der Waals surface area contributed by atoms with E-state index >= 15 is 0 Å². The highest BCUT2D eigenvalue weighted by atomic mass is 19.3. The van der Waals surface area contributed by atoms with Crippen LogP contribution in [0.4, 0.5) is 8.78 Å². The maximum atomic E-state index is 12.7. The molecule has 0 radical (unpaired) electrons. The van der Waals surface area contributed by atoms with Crippen LogP contribution < -0.4 is 20.1 Å². The lowest BCUT2D eigenvalue weighted by atomic mass is 10.1. The maximum Gasteiger partial charge on any atom is 0.387 e. The van der Waals surface area contributed by atoms with Gasteiger partial charge in [-0.25, -0.2) is 4.99 Å². The first-order valence-electron chi connectivity index (χ1n) is 9.68. The van der Waals surface area contributed by atoms with E-state index in [9.17, 15) is 13.6 Å². The monoisotopic (exact) mass is 434 g/mol. The zero-order valence-electron chi connectivity index (χ0n) is 18.1. The van der Waals surface area contributed by atoms with E-state index in [-0.39, 0.29) is 24.7 Å². The van der Waals surface area contributed by atoms with Crippen LogP contribution >= 0.6 is 0 Å². The summed E-state index contributed by atoms with van der Waals surface area (Å²) in [6.45, 7) is -0.476. The van der Waals surface area contributed by atoms with E-state index in [0.717, 1.165) is 16.9 Å². The van der Waals surface area contributed by atoms with E-state index in [2.05, 4.69) is 20.4 Å². The minimum atomic E-state index is -2.92. The summed E-state index contributed by atoms with van der Waals surface area (Å²) < 4.78 is 35.2. The van der Waals surface area contributed by atoms with Crippen LogP contribution in [0.15, 0.2) is 47.5 Å². The van der Waals surface area contributed by atoms with Crippen molar-refractivity contribution in [3.8, 4) is 11.5 Å². The van der Waals surface area contributed by atoms with E-state index in [1.807, 2.05) is 31.2 Å². The van der Waals surface area contributed by atoms with Crippen LogP contribution in [0.1, 0.15) is 16.7 Å². The zero-order chi connectivity index (χ0) is 22.8. The van der Waals surface area contributed by atoms with Gasteiger partial charge in [0.2, 0.25) is 5.91 Å². The lowest BCUT2D eigenvalue weighted by Crippen LogP contribution is -2.42. The van der Waals surface area contributed by atoms with Crippen LogP contribution in [0.25, 0.3) is 0 Å². The second kappa shape index (κ2) is 11.7. The zero-order valence-corrected chi connectivity index (χ0v) is 18.1. The molecule has 31 heavy (non-hydrogen) atoms. The number of nitrogens with one attached hydrogen (secondary N) is 2. The molecule has 7 nitrogen and oxygen atoms in total. The molecule has 9 heteroatoms. The second-order valence-electron chi connectivity index (χ2n) is 7.00. The molecule has 0 unspecified atom stereocenters. The third-order valence-corrected chi connectivity index (χ3v) is 4.36. The molecule has 2 rings (SSSR count). The third-order valence-electron chi connectivity index (χ3n) is 4.36. The topological polar surface area (TPSA) is 75.2 Å². The first-order chi connectivity index (χ1) is 14.8. The first-order valence-corrected chi connectivity index (χ1v) is 9.68. The van der Waals surface area contributed by atoms with Crippen molar-refractivity contribution in [2.45, 2.75) is 26.6 Å². The molecular weight excluding hydrogens is 406 g/mol. The number of carbonyl (C=O) groups is 1. The van der Waals surface area contributed by atoms with E-state index in [4.69, 9.17) is 4.74 Å². The summed E-state index contributed by atoms with van der Waals surface area (Å²) in [6.07, 6.45) is 0. The van der Waals surface area contributed by atoms with Crippen molar-refractivity contribution in [1.29, 1.82) is 0 Å². The van der Waals surface area contributed by atoms with Crippen LogP contribution in [-0.4, -0.2) is 51.1 Å². The van der Waals surface area contributed by atoms with Crippen LogP contribution in [0, 0.1) is 6.92 Å². The number of aliphatic imine (C=N–C) groups is 1. The number of guanidine groups is 1. The van der Waals surface area contributed by atoms with Gasteiger partial charge in [0.05, 0.1) is 20.2 Å². The Hall–Kier alpha value is -3.36. The highest BCUT2D eigenvalue weighted by Crippen LogP contribution is 2.22. The number of hydrogen-bond acceptors (Lipinski definition) is 4. The number of methoxy groups -OCH3 is 1.